The summed E-state index contributed by atoms with van der Waals surface area (Å²) in [5, 5.41) is 22.1. The van der Waals surface area contributed by atoms with Crippen molar-refractivity contribution in [2.45, 2.75) is 24.8 Å². The molecule has 2 aromatic rings. The molecule has 0 saturated carbocycles. The normalized spacial score (nSPS) is 19.8. The van der Waals surface area contributed by atoms with Crippen LogP contribution >= 0.6 is 0 Å². The van der Waals surface area contributed by atoms with Crippen LogP contribution in [0.5, 0.6) is 5.75 Å². The van der Waals surface area contributed by atoms with E-state index in [2.05, 4.69) is 10.3 Å². The highest BCUT2D eigenvalue weighted by Crippen LogP contribution is 2.40. The summed E-state index contributed by atoms with van der Waals surface area (Å²) in [7, 11) is -1.34. The molecule has 2 heterocycles. The first-order valence-electron chi connectivity index (χ1n) is 8.18. The maximum Gasteiger partial charge on any atom is 0.547 e. The Kier molecular flexibility index (Phi) is 3.89. The van der Waals surface area contributed by atoms with Crippen molar-refractivity contribution in [3.05, 3.63) is 58.4 Å². The van der Waals surface area contributed by atoms with E-state index in [0.29, 0.717) is 11.3 Å². The molecule has 1 amide bonds. The second-order valence-corrected chi connectivity index (χ2v) is 6.40. The number of carbonyl (C=O) groups is 2. The van der Waals surface area contributed by atoms with Gasteiger partial charge in [-0.1, -0.05) is 12.1 Å². The van der Waals surface area contributed by atoms with Crippen LogP contribution in [0.4, 0.5) is 0 Å². The van der Waals surface area contributed by atoms with Gasteiger partial charge >= 0.3 is 13.1 Å². The summed E-state index contributed by atoms with van der Waals surface area (Å²) in [4.78, 5) is 27.8. The van der Waals surface area contributed by atoms with E-state index < -0.39 is 19.0 Å². The van der Waals surface area contributed by atoms with Crippen LogP contribution in [0.2, 0.25) is 0 Å². The zero-order chi connectivity index (χ0) is 18.4. The number of amides is 1. The number of aromatic carboxylic acids is 1. The Balaban J connectivity index is 1.47. The smallest absolute Gasteiger partial charge is 0.534 e. The first-order chi connectivity index (χ1) is 12.5. The van der Waals surface area contributed by atoms with Crippen LogP contribution in [0.25, 0.3) is 0 Å². The summed E-state index contributed by atoms with van der Waals surface area (Å²) < 4.78 is 5.36. The minimum atomic E-state index is -1.34. The maximum absolute atomic E-state index is 12.3. The summed E-state index contributed by atoms with van der Waals surface area (Å²) in [6, 6.07) is 6.41. The van der Waals surface area contributed by atoms with Gasteiger partial charge in [-0.2, -0.15) is 0 Å². The SMILES string of the molecule is NC1c2ccnc(CC(=O)NC3Cc4cccc(C(=O)O)c4OB3O)c21. The van der Waals surface area contributed by atoms with Gasteiger partial charge in [-0.15, -0.1) is 0 Å². The Labute approximate surface area is 149 Å². The van der Waals surface area contributed by atoms with E-state index in [0.717, 1.165) is 11.1 Å². The zero-order valence-corrected chi connectivity index (χ0v) is 13.7. The number of hydrogen-bond donors (Lipinski definition) is 4. The number of carbonyl (C=O) groups excluding carboxylic acids is 1. The van der Waals surface area contributed by atoms with Crippen LogP contribution in [-0.4, -0.2) is 40.1 Å². The number of rotatable bonds is 4. The summed E-state index contributed by atoms with van der Waals surface area (Å²) in [6.07, 6.45) is 1.95. The Morgan fingerprint density at radius 1 is 1.38 bits per heavy atom. The van der Waals surface area contributed by atoms with E-state index in [-0.39, 0.29) is 36.1 Å². The van der Waals surface area contributed by atoms with Crippen molar-refractivity contribution in [3.8, 4) is 5.75 Å². The molecule has 5 N–H and O–H groups in total. The van der Waals surface area contributed by atoms with Gasteiger partial charge < -0.3 is 25.8 Å². The van der Waals surface area contributed by atoms with Crippen LogP contribution in [0.1, 0.15) is 38.8 Å². The Morgan fingerprint density at radius 2 is 2.19 bits per heavy atom. The first kappa shape index (κ1) is 16.6. The van der Waals surface area contributed by atoms with Crippen molar-refractivity contribution in [1.29, 1.82) is 0 Å². The molecule has 1 aliphatic carbocycles. The summed E-state index contributed by atoms with van der Waals surface area (Å²) in [5.41, 5.74) is 9.02. The van der Waals surface area contributed by atoms with E-state index in [1.54, 1.807) is 18.3 Å². The third-order valence-electron chi connectivity index (χ3n) is 4.69. The van der Waals surface area contributed by atoms with Gasteiger partial charge in [0.15, 0.2) is 0 Å². The molecular formula is C17H16BN3O5. The number of pyridine rings is 1. The Morgan fingerprint density at radius 3 is 2.96 bits per heavy atom. The molecule has 1 aliphatic heterocycles. The second kappa shape index (κ2) is 6.12. The molecule has 0 bridgehead atoms. The van der Waals surface area contributed by atoms with Crippen LogP contribution in [-0.2, 0) is 17.6 Å². The molecule has 0 saturated heterocycles. The number of hydrogen-bond acceptors (Lipinski definition) is 6. The fourth-order valence-corrected chi connectivity index (χ4v) is 3.34. The highest BCUT2D eigenvalue weighted by molar-refractivity contribution is 6.47. The van der Waals surface area contributed by atoms with Crippen molar-refractivity contribution in [3.63, 3.8) is 0 Å². The molecule has 4 rings (SSSR count). The van der Waals surface area contributed by atoms with E-state index in [9.17, 15) is 19.7 Å². The number of fused-ring (bicyclic) bond motifs is 2. The third-order valence-corrected chi connectivity index (χ3v) is 4.69. The van der Waals surface area contributed by atoms with Gasteiger partial charge in [-0.25, -0.2) is 4.79 Å². The summed E-state index contributed by atoms with van der Waals surface area (Å²) in [6.45, 7) is 0. The van der Waals surface area contributed by atoms with Crippen molar-refractivity contribution in [2.24, 2.45) is 5.73 Å². The topological polar surface area (TPSA) is 135 Å². The molecule has 0 spiro atoms. The number of nitrogens with one attached hydrogen (secondary N) is 1. The van der Waals surface area contributed by atoms with Gasteiger partial charge in [-0.3, -0.25) is 9.78 Å². The van der Waals surface area contributed by atoms with Gasteiger partial charge in [-0.05, 0) is 29.7 Å². The molecule has 2 atom stereocenters. The lowest BCUT2D eigenvalue weighted by molar-refractivity contribution is -0.120. The second-order valence-electron chi connectivity index (χ2n) is 6.40. The van der Waals surface area contributed by atoms with Crippen molar-refractivity contribution in [2.75, 3.05) is 0 Å². The van der Waals surface area contributed by atoms with Crippen LogP contribution in [0.3, 0.4) is 0 Å². The number of carboxylic acid groups (broad SMARTS) is 1. The zero-order valence-electron chi connectivity index (χ0n) is 13.7. The molecule has 0 radical (unpaired) electrons. The number of nitrogens with zero attached hydrogens (tertiary/aromatic N) is 1. The largest absolute Gasteiger partial charge is 0.547 e. The van der Waals surface area contributed by atoms with E-state index in [1.807, 2.05) is 6.07 Å². The number of carboxylic acids is 1. The van der Waals surface area contributed by atoms with E-state index >= 15 is 0 Å². The molecule has 132 valence electrons. The Hall–Kier alpha value is -2.91. The molecule has 1 aromatic carbocycles. The highest BCUT2D eigenvalue weighted by atomic mass is 16.5. The molecule has 8 nitrogen and oxygen atoms in total. The predicted molar refractivity (Wildman–Crippen MR) is 91.6 cm³/mol. The fraction of sp³-hybridized carbons (Fsp3) is 0.235. The first-order valence-corrected chi connectivity index (χ1v) is 8.18. The lowest BCUT2D eigenvalue weighted by Crippen LogP contribution is -2.53. The lowest BCUT2D eigenvalue weighted by Gasteiger charge is -2.28. The molecule has 26 heavy (non-hydrogen) atoms. The maximum atomic E-state index is 12.3. The highest BCUT2D eigenvalue weighted by Gasteiger charge is 2.38. The van der Waals surface area contributed by atoms with Gasteiger partial charge in [0.05, 0.1) is 29.7 Å². The Bertz CT molecular complexity index is 919. The monoisotopic (exact) mass is 353 g/mol. The lowest BCUT2D eigenvalue weighted by atomic mass is 9.72. The van der Waals surface area contributed by atoms with Crippen LogP contribution < -0.4 is 15.7 Å². The molecular weight excluding hydrogens is 337 g/mol. The molecule has 9 heteroatoms. The van der Waals surface area contributed by atoms with Gasteiger partial charge in [0.25, 0.3) is 0 Å². The van der Waals surface area contributed by atoms with Crippen molar-refractivity contribution < 1.29 is 24.4 Å². The van der Waals surface area contributed by atoms with E-state index in [4.69, 9.17) is 10.4 Å². The third kappa shape index (κ3) is 2.81. The molecule has 0 fully saturated rings. The summed E-state index contributed by atoms with van der Waals surface area (Å²) in [5.74, 6) is -1.99. The number of aromatic nitrogens is 1. The van der Waals surface area contributed by atoms with Gasteiger partial charge in [0.1, 0.15) is 5.75 Å². The molecule has 1 aromatic heterocycles. The number of benzene rings is 1. The van der Waals surface area contributed by atoms with Crippen molar-refractivity contribution in [1.82, 2.24) is 10.3 Å². The summed E-state index contributed by atoms with van der Waals surface area (Å²) >= 11 is 0. The van der Waals surface area contributed by atoms with Crippen LogP contribution in [0.15, 0.2) is 30.5 Å². The van der Waals surface area contributed by atoms with Gasteiger partial charge in [0, 0.05) is 11.8 Å². The van der Waals surface area contributed by atoms with Crippen molar-refractivity contribution >= 4 is 19.0 Å². The van der Waals surface area contributed by atoms with Gasteiger partial charge in [0.2, 0.25) is 5.91 Å². The average Bonchev–Trinajstić information content (AvgIpc) is 3.26. The van der Waals surface area contributed by atoms with Crippen LogP contribution in [0, 0.1) is 0 Å². The minimum absolute atomic E-state index is 0.0168. The molecule has 2 aliphatic rings. The minimum Gasteiger partial charge on any atom is -0.534 e. The molecule has 2 unspecified atom stereocenters. The standard InChI is InChI=1S/C17H16BN3O5/c19-15-9-4-5-20-11(14(9)15)7-13(22)21-12-6-8-2-1-3-10(17(23)24)16(8)26-18(12)25/h1-5,12,15,25H,6-7,19H2,(H,21,22)(H,23,24). The predicted octanol–water partition coefficient (Wildman–Crippen LogP) is -0.177. The number of nitrogens with two attached hydrogens (primary N) is 1. The average molecular weight is 353 g/mol. The van der Waals surface area contributed by atoms with E-state index in [1.165, 1.54) is 6.07 Å². The quantitative estimate of drug-likeness (QED) is 0.560. The fourth-order valence-electron chi connectivity index (χ4n) is 3.34. The number of para-hydroxylation sites is 1.